The summed E-state index contributed by atoms with van der Waals surface area (Å²) in [5, 5.41) is 9.13. The third-order valence-corrected chi connectivity index (χ3v) is 5.57. The highest BCUT2D eigenvalue weighted by atomic mass is 32.2. The van der Waals surface area contributed by atoms with Crippen molar-refractivity contribution in [1.29, 1.82) is 0 Å². The minimum Gasteiger partial charge on any atom is -0.493 e. The lowest BCUT2D eigenvalue weighted by Crippen LogP contribution is -2.08. The summed E-state index contributed by atoms with van der Waals surface area (Å²) < 4.78 is 26.3. The van der Waals surface area contributed by atoms with Crippen LogP contribution in [0.2, 0.25) is 0 Å². The molecule has 4 aromatic rings. The molecule has 0 aliphatic heterocycles. The van der Waals surface area contributed by atoms with Crippen LogP contribution in [0.4, 0.5) is 4.39 Å². The van der Waals surface area contributed by atoms with E-state index in [0.29, 0.717) is 28.0 Å². The molecule has 0 aliphatic carbocycles. The molecule has 0 fully saturated rings. The van der Waals surface area contributed by atoms with Crippen LogP contribution >= 0.6 is 11.8 Å². The molecule has 4 rings (SSSR count). The third-order valence-electron chi connectivity index (χ3n) is 4.64. The van der Waals surface area contributed by atoms with Crippen LogP contribution < -0.4 is 9.47 Å². The Labute approximate surface area is 189 Å². The number of hydrogen-bond donors (Lipinski definition) is 0. The van der Waals surface area contributed by atoms with E-state index in [2.05, 4.69) is 10.2 Å². The van der Waals surface area contributed by atoms with Gasteiger partial charge in [0.25, 0.3) is 0 Å². The van der Waals surface area contributed by atoms with Crippen molar-refractivity contribution >= 4 is 17.5 Å². The molecule has 0 N–H and O–H groups in total. The summed E-state index contributed by atoms with van der Waals surface area (Å²) in [7, 11) is 1.58. The van der Waals surface area contributed by atoms with E-state index in [1.54, 1.807) is 7.11 Å². The fraction of sp³-hybridized carbons (Fsp3) is 0.125. The van der Waals surface area contributed by atoms with Gasteiger partial charge in [0.05, 0.1) is 12.9 Å². The quantitative estimate of drug-likeness (QED) is 0.266. The first-order valence-electron chi connectivity index (χ1n) is 9.83. The number of hydrogen-bond acceptors (Lipinski definition) is 6. The lowest BCUT2D eigenvalue weighted by Gasteiger charge is -2.12. The number of benzene rings is 3. The number of ketones is 1. The van der Waals surface area contributed by atoms with Gasteiger partial charge in [-0.3, -0.25) is 9.36 Å². The monoisotopic (exact) mass is 449 g/mol. The van der Waals surface area contributed by atoms with Gasteiger partial charge in [-0.05, 0) is 48.5 Å². The lowest BCUT2D eigenvalue weighted by molar-refractivity contribution is 0.102. The van der Waals surface area contributed by atoms with Gasteiger partial charge in [-0.2, -0.15) is 0 Å². The largest absolute Gasteiger partial charge is 0.493 e. The second-order valence-electron chi connectivity index (χ2n) is 6.73. The molecular weight excluding hydrogens is 429 g/mol. The van der Waals surface area contributed by atoms with E-state index in [-0.39, 0.29) is 24.0 Å². The van der Waals surface area contributed by atoms with Gasteiger partial charge in [0.15, 0.2) is 28.3 Å². The zero-order chi connectivity index (χ0) is 22.3. The summed E-state index contributed by atoms with van der Waals surface area (Å²) >= 11 is 1.26. The van der Waals surface area contributed by atoms with Crippen LogP contribution in [0.3, 0.4) is 0 Å². The molecule has 162 valence electrons. The lowest BCUT2D eigenvalue weighted by atomic mass is 10.1. The molecule has 1 heterocycles. The van der Waals surface area contributed by atoms with Crippen LogP contribution in [0, 0.1) is 5.82 Å². The number of rotatable bonds is 9. The smallest absolute Gasteiger partial charge is 0.196 e. The Morgan fingerprint density at radius 1 is 0.938 bits per heavy atom. The maximum atomic E-state index is 13.1. The Hall–Kier alpha value is -3.65. The fourth-order valence-electron chi connectivity index (χ4n) is 3.05. The van der Waals surface area contributed by atoms with Gasteiger partial charge in [0.2, 0.25) is 0 Å². The van der Waals surface area contributed by atoms with E-state index in [1.807, 2.05) is 59.2 Å². The molecule has 0 bridgehead atoms. The summed E-state index contributed by atoms with van der Waals surface area (Å²) in [6.07, 6.45) is 0. The molecule has 6 nitrogen and oxygen atoms in total. The van der Waals surface area contributed by atoms with Gasteiger partial charge in [-0.15, -0.1) is 10.2 Å². The van der Waals surface area contributed by atoms with Crippen LogP contribution in [-0.2, 0) is 6.61 Å². The highest BCUT2D eigenvalue weighted by molar-refractivity contribution is 7.99. The molecular formula is C24H20FN3O3S. The Kier molecular flexibility index (Phi) is 6.81. The highest BCUT2D eigenvalue weighted by Gasteiger charge is 2.17. The van der Waals surface area contributed by atoms with Gasteiger partial charge < -0.3 is 9.47 Å². The highest BCUT2D eigenvalue weighted by Crippen LogP contribution is 2.28. The van der Waals surface area contributed by atoms with Crippen molar-refractivity contribution < 1.29 is 18.7 Å². The van der Waals surface area contributed by atoms with E-state index in [4.69, 9.17) is 9.47 Å². The van der Waals surface area contributed by atoms with Crippen molar-refractivity contribution in [3.05, 3.63) is 96.1 Å². The van der Waals surface area contributed by atoms with Crippen LogP contribution in [0.15, 0.2) is 84.0 Å². The summed E-state index contributed by atoms with van der Waals surface area (Å²) in [4.78, 5) is 12.5. The average molecular weight is 450 g/mol. The average Bonchev–Trinajstić information content (AvgIpc) is 3.25. The van der Waals surface area contributed by atoms with Gasteiger partial charge >= 0.3 is 0 Å². The van der Waals surface area contributed by atoms with E-state index < -0.39 is 0 Å². The van der Waals surface area contributed by atoms with E-state index >= 15 is 0 Å². The van der Waals surface area contributed by atoms with Crippen LogP contribution in [-0.4, -0.2) is 33.4 Å². The molecule has 0 saturated carbocycles. The zero-order valence-electron chi connectivity index (χ0n) is 17.3. The number of carbonyl (C=O) groups excluding carboxylic acids is 1. The van der Waals surface area contributed by atoms with Crippen molar-refractivity contribution in [2.75, 3.05) is 12.9 Å². The number of halogens is 1. The predicted molar refractivity (Wildman–Crippen MR) is 120 cm³/mol. The van der Waals surface area contributed by atoms with Crippen LogP contribution in [0.25, 0.3) is 5.69 Å². The Bertz CT molecular complexity index is 1200. The number of ether oxygens (including phenoxy) is 2. The fourth-order valence-corrected chi connectivity index (χ4v) is 3.92. The van der Waals surface area contributed by atoms with Crippen LogP contribution in [0.1, 0.15) is 16.2 Å². The normalized spacial score (nSPS) is 10.7. The number of para-hydroxylation sites is 3. The van der Waals surface area contributed by atoms with Gasteiger partial charge in [0.1, 0.15) is 12.4 Å². The third kappa shape index (κ3) is 4.97. The predicted octanol–water partition coefficient (Wildman–Crippen LogP) is 4.97. The Balaban J connectivity index is 1.55. The SMILES string of the molecule is COc1ccccc1OCc1nnc(SCC(=O)c2ccc(F)cc2)n1-c1ccccc1. The maximum Gasteiger partial charge on any atom is 0.196 e. The van der Waals surface area contributed by atoms with E-state index in [1.165, 1.54) is 36.0 Å². The minimum atomic E-state index is -0.377. The van der Waals surface area contributed by atoms with E-state index in [0.717, 1.165) is 5.69 Å². The van der Waals surface area contributed by atoms with Crippen molar-refractivity contribution in [3.8, 4) is 17.2 Å². The molecule has 0 spiro atoms. The number of aromatic nitrogens is 3. The first-order chi connectivity index (χ1) is 15.7. The zero-order valence-corrected chi connectivity index (χ0v) is 18.1. The standard InChI is InChI=1S/C24H20FN3O3S/c1-30-21-9-5-6-10-22(21)31-15-23-26-27-24(28(23)19-7-3-2-4-8-19)32-16-20(29)17-11-13-18(25)14-12-17/h2-14H,15-16H2,1H3. The number of carbonyl (C=O) groups is 1. The number of nitrogens with zero attached hydrogens (tertiary/aromatic N) is 3. The summed E-state index contributed by atoms with van der Waals surface area (Å²) in [5.74, 6) is 1.45. The van der Waals surface area contributed by atoms with Crippen molar-refractivity contribution in [3.63, 3.8) is 0 Å². The molecule has 3 aromatic carbocycles. The molecule has 0 radical (unpaired) electrons. The molecule has 0 atom stereocenters. The number of methoxy groups -OCH3 is 1. The molecule has 8 heteroatoms. The van der Waals surface area contributed by atoms with E-state index in [9.17, 15) is 9.18 Å². The van der Waals surface area contributed by atoms with Crippen LogP contribution in [0.5, 0.6) is 11.5 Å². The first-order valence-corrected chi connectivity index (χ1v) is 10.8. The van der Waals surface area contributed by atoms with Crippen molar-refractivity contribution in [1.82, 2.24) is 14.8 Å². The molecule has 0 amide bonds. The van der Waals surface area contributed by atoms with Crippen molar-refractivity contribution in [2.24, 2.45) is 0 Å². The first kappa shape index (κ1) is 21.6. The second-order valence-corrected chi connectivity index (χ2v) is 7.67. The Morgan fingerprint density at radius 2 is 1.62 bits per heavy atom. The molecule has 1 aromatic heterocycles. The number of Topliss-reactive ketones (excluding diaryl/α,β-unsaturated/α-hetero) is 1. The Morgan fingerprint density at radius 3 is 2.34 bits per heavy atom. The molecule has 0 aliphatic rings. The molecule has 32 heavy (non-hydrogen) atoms. The van der Waals surface area contributed by atoms with Crippen molar-refractivity contribution in [2.45, 2.75) is 11.8 Å². The van der Waals surface area contributed by atoms with Gasteiger partial charge in [0, 0.05) is 11.3 Å². The van der Waals surface area contributed by atoms with Gasteiger partial charge in [-0.1, -0.05) is 42.1 Å². The molecule has 0 saturated heterocycles. The summed E-state index contributed by atoms with van der Waals surface area (Å²) in [5.41, 5.74) is 1.30. The second kappa shape index (κ2) is 10.1. The maximum absolute atomic E-state index is 13.1. The van der Waals surface area contributed by atoms with Gasteiger partial charge in [-0.25, -0.2) is 4.39 Å². The topological polar surface area (TPSA) is 66.2 Å². The summed E-state index contributed by atoms with van der Waals surface area (Å²) in [6, 6.07) is 22.5. The minimum absolute atomic E-state index is 0.121. The number of thioether (sulfide) groups is 1. The summed E-state index contributed by atoms with van der Waals surface area (Å²) in [6.45, 7) is 0.161. The molecule has 0 unspecified atom stereocenters.